The summed E-state index contributed by atoms with van der Waals surface area (Å²) in [6.07, 6.45) is 3.41. The molecular formula is C12H13BrClNO. The van der Waals surface area contributed by atoms with Crippen LogP contribution in [0.15, 0.2) is 18.2 Å². The van der Waals surface area contributed by atoms with Gasteiger partial charge in [0, 0.05) is 22.0 Å². The lowest BCUT2D eigenvalue weighted by atomic mass is 9.93. The van der Waals surface area contributed by atoms with Crippen LogP contribution in [-0.2, 0) is 5.33 Å². The number of halogens is 2. The van der Waals surface area contributed by atoms with E-state index in [2.05, 4.69) is 21.2 Å². The van der Waals surface area contributed by atoms with E-state index < -0.39 is 0 Å². The Bertz CT molecular complexity index is 404. The largest absolute Gasteiger partial charge is 0.349 e. The first kappa shape index (κ1) is 11.9. The number of benzene rings is 1. The van der Waals surface area contributed by atoms with Gasteiger partial charge in [0.15, 0.2) is 0 Å². The molecule has 0 saturated heterocycles. The summed E-state index contributed by atoms with van der Waals surface area (Å²) in [5.41, 5.74) is 1.64. The predicted octanol–water partition coefficient (Wildman–Crippen LogP) is 3.52. The lowest BCUT2D eigenvalue weighted by molar-refractivity contribution is 0.0917. The van der Waals surface area contributed by atoms with E-state index >= 15 is 0 Å². The van der Waals surface area contributed by atoms with Crippen molar-refractivity contribution in [2.24, 2.45) is 0 Å². The number of rotatable bonds is 3. The van der Waals surface area contributed by atoms with Crippen molar-refractivity contribution in [1.29, 1.82) is 0 Å². The molecule has 0 spiro atoms. The molecule has 4 heteroatoms. The molecule has 0 bridgehead atoms. The molecule has 0 radical (unpaired) electrons. The number of hydrogen-bond donors (Lipinski definition) is 1. The summed E-state index contributed by atoms with van der Waals surface area (Å²) >= 11 is 9.39. The van der Waals surface area contributed by atoms with Gasteiger partial charge in [-0.25, -0.2) is 0 Å². The first-order valence-corrected chi connectivity index (χ1v) is 6.86. The van der Waals surface area contributed by atoms with E-state index in [-0.39, 0.29) is 5.91 Å². The molecule has 0 aliphatic heterocycles. The fraction of sp³-hybridized carbons (Fsp3) is 0.417. The van der Waals surface area contributed by atoms with E-state index in [1.807, 2.05) is 12.1 Å². The Balaban J connectivity index is 2.07. The first-order chi connectivity index (χ1) is 7.70. The second kappa shape index (κ2) is 5.19. The maximum absolute atomic E-state index is 11.8. The molecule has 2 nitrogen and oxygen atoms in total. The summed E-state index contributed by atoms with van der Waals surface area (Å²) in [6.45, 7) is 0. The summed E-state index contributed by atoms with van der Waals surface area (Å²) in [4.78, 5) is 11.8. The molecule has 1 amide bonds. The fourth-order valence-corrected chi connectivity index (χ4v) is 2.52. The number of alkyl halides is 1. The molecule has 1 aromatic rings. The standard InChI is InChI=1S/C12H13BrClNO/c13-7-9-5-4-8(6-11(9)14)12(16)15-10-2-1-3-10/h4-6,10H,1-3,7H2,(H,15,16). The van der Waals surface area contributed by atoms with Crippen molar-refractivity contribution in [2.45, 2.75) is 30.6 Å². The molecule has 1 aromatic carbocycles. The third kappa shape index (κ3) is 2.58. The van der Waals surface area contributed by atoms with Crippen molar-refractivity contribution in [1.82, 2.24) is 5.32 Å². The first-order valence-electron chi connectivity index (χ1n) is 5.36. The molecule has 1 fully saturated rings. The summed E-state index contributed by atoms with van der Waals surface area (Å²) in [7, 11) is 0. The van der Waals surface area contributed by atoms with Crippen LogP contribution in [0.2, 0.25) is 5.02 Å². The Labute approximate surface area is 108 Å². The minimum atomic E-state index is -0.0206. The van der Waals surface area contributed by atoms with Crippen LogP contribution in [0.5, 0.6) is 0 Å². The van der Waals surface area contributed by atoms with Gasteiger partial charge in [-0.15, -0.1) is 0 Å². The van der Waals surface area contributed by atoms with Gasteiger partial charge in [0.2, 0.25) is 0 Å². The molecule has 0 atom stereocenters. The van der Waals surface area contributed by atoms with Crippen molar-refractivity contribution < 1.29 is 4.79 Å². The maximum atomic E-state index is 11.8. The smallest absolute Gasteiger partial charge is 0.251 e. The molecule has 0 heterocycles. The summed E-state index contributed by atoms with van der Waals surface area (Å²) in [5.74, 6) is -0.0206. The van der Waals surface area contributed by atoms with Gasteiger partial charge in [-0.1, -0.05) is 33.6 Å². The Kier molecular flexibility index (Phi) is 3.87. The van der Waals surface area contributed by atoms with Crippen LogP contribution in [0.4, 0.5) is 0 Å². The third-order valence-electron chi connectivity index (χ3n) is 2.90. The van der Waals surface area contributed by atoms with Crippen LogP contribution < -0.4 is 5.32 Å². The third-order valence-corrected chi connectivity index (χ3v) is 3.86. The molecule has 0 unspecified atom stereocenters. The predicted molar refractivity (Wildman–Crippen MR) is 69.2 cm³/mol. The van der Waals surface area contributed by atoms with Crippen molar-refractivity contribution in [3.8, 4) is 0 Å². The van der Waals surface area contributed by atoms with Crippen molar-refractivity contribution in [3.63, 3.8) is 0 Å². The minimum absolute atomic E-state index is 0.0206. The van der Waals surface area contributed by atoms with Crippen molar-refractivity contribution in [3.05, 3.63) is 34.3 Å². The molecule has 2 rings (SSSR count). The number of carbonyl (C=O) groups excluding carboxylic acids is 1. The van der Waals surface area contributed by atoms with Crippen LogP contribution in [0.1, 0.15) is 35.2 Å². The van der Waals surface area contributed by atoms with Gasteiger partial charge in [-0.3, -0.25) is 4.79 Å². The van der Waals surface area contributed by atoms with Crippen LogP contribution >= 0.6 is 27.5 Å². The molecule has 1 aliphatic carbocycles. The molecule has 1 aliphatic rings. The fourth-order valence-electron chi connectivity index (χ4n) is 1.62. The van der Waals surface area contributed by atoms with E-state index in [0.29, 0.717) is 22.0 Å². The lowest BCUT2D eigenvalue weighted by Gasteiger charge is -2.26. The molecule has 86 valence electrons. The minimum Gasteiger partial charge on any atom is -0.349 e. The van der Waals surface area contributed by atoms with Gasteiger partial charge in [0.05, 0.1) is 0 Å². The lowest BCUT2D eigenvalue weighted by Crippen LogP contribution is -2.39. The average Bonchev–Trinajstić information content (AvgIpc) is 2.23. The van der Waals surface area contributed by atoms with E-state index in [1.54, 1.807) is 6.07 Å². The summed E-state index contributed by atoms with van der Waals surface area (Å²) < 4.78 is 0. The second-order valence-corrected chi connectivity index (χ2v) is 5.01. The number of nitrogens with one attached hydrogen (secondary N) is 1. The normalized spacial score (nSPS) is 15.6. The van der Waals surface area contributed by atoms with Gasteiger partial charge >= 0.3 is 0 Å². The van der Waals surface area contributed by atoms with Crippen molar-refractivity contribution in [2.75, 3.05) is 0 Å². The topological polar surface area (TPSA) is 29.1 Å². The van der Waals surface area contributed by atoms with Crippen LogP contribution in [-0.4, -0.2) is 11.9 Å². The monoisotopic (exact) mass is 301 g/mol. The highest BCUT2D eigenvalue weighted by Gasteiger charge is 2.20. The number of amides is 1. The molecule has 1 N–H and O–H groups in total. The Morgan fingerprint density at radius 2 is 2.25 bits per heavy atom. The highest BCUT2D eigenvalue weighted by atomic mass is 79.9. The van der Waals surface area contributed by atoms with E-state index in [9.17, 15) is 4.79 Å². The van der Waals surface area contributed by atoms with Gasteiger partial charge < -0.3 is 5.32 Å². The number of hydrogen-bond acceptors (Lipinski definition) is 1. The SMILES string of the molecule is O=C(NC1CCC1)c1ccc(CBr)c(Cl)c1. The van der Waals surface area contributed by atoms with Crippen LogP contribution in [0, 0.1) is 0 Å². The van der Waals surface area contributed by atoms with Gasteiger partial charge in [-0.05, 0) is 37.0 Å². The average molecular weight is 303 g/mol. The highest BCUT2D eigenvalue weighted by molar-refractivity contribution is 9.08. The molecule has 16 heavy (non-hydrogen) atoms. The second-order valence-electron chi connectivity index (χ2n) is 4.04. The zero-order chi connectivity index (χ0) is 11.5. The Morgan fingerprint density at radius 3 is 2.75 bits per heavy atom. The zero-order valence-corrected chi connectivity index (χ0v) is 11.1. The van der Waals surface area contributed by atoms with E-state index in [4.69, 9.17) is 11.6 Å². The molecular weight excluding hydrogens is 289 g/mol. The van der Waals surface area contributed by atoms with E-state index in [0.717, 1.165) is 18.4 Å². The zero-order valence-electron chi connectivity index (χ0n) is 8.80. The van der Waals surface area contributed by atoms with Crippen molar-refractivity contribution >= 4 is 33.4 Å². The van der Waals surface area contributed by atoms with E-state index in [1.165, 1.54) is 6.42 Å². The molecule has 0 aromatic heterocycles. The van der Waals surface area contributed by atoms with Gasteiger partial charge in [0.1, 0.15) is 0 Å². The Hall–Kier alpha value is -0.540. The highest BCUT2D eigenvalue weighted by Crippen LogP contribution is 2.22. The van der Waals surface area contributed by atoms with Gasteiger partial charge in [0.25, 0.3) is 5.91 Å². The quantitative estimate of drug-likeness (QED) is 0.851. The van der Waals surface area contributed by atoms with Gasteiger partial charge in [-0.2, -0.15) is 0 Å². The molecule has 1 saturated carbocycles. The summed E-state index contributed by atoms with van der Waals surface area (Å²) in [5, 5.41) is 4.33. The van der Waals surface area contributed by atoms with Crippen LogP contribution in [0.25, 0.3) is 0 Å². The Morgan fingerprint density at radius 1 is 1.50 bits per heavy atom. The summed E-state index contributed by atoms with van der Waals surface area (Å²) in [6, 6.07) is 5.79. The number of carbonyl (C=O) groups is 1. The maximum Gasteiger partial charge on any atom is 0.251 e. The van der Waals surface area contributed by atoms with Crippen LogP contribution in [0.3, 0.4) is 0 Å².